The van der Waals surface area contributed by atoms with Crippen molar-refractivity contribution in [3.63, 3.8) is 0 Å². The van der Waals surface area contributed by atoms with Gasteiger partial charge < -0.3 is 5.32 Å². The van der Waals surface area contributed by atoms with E-state index in [0.29, 0.717) is 0 Å². The number of aromatic nitrogens is 1. The molecule has 1 radical (unpaired) electrons. The van der Waals surface area contributed by atoms with Gasteiger partial charge in [0, 0.05) is 6.20 Å². The lowest BCUT2D eigenvalue weighted by Crippen LogP contribution is -2.21. The highest BCUT2D eigenvalue weighted by Crippen LogP contribution is 1.79. The van der Waals surface area contributed by atoms with Crippen molar-refractivity contribution in [2.24, 2.45) is 0 Å². The predicted molar refractivity (Wildman–Crippen MR) is 48.4 cm³/mol. The molecule has 0 fully saturated rings. The molecule has 0 saturated heterocycles. The van der Waals surface area contributed by atoms with Crippen LogP contribution in [0.3, 0.4) is 0 Å². The zero-order chi connectivity index (χ0) is 7.94. The van der Waals surface area contributed by atoms with Crippen LogP contribution in [0.4, 0.5) is 0 Å². The van der Waals surface area contributed by atoms with Gasteiger partial charge in [-0.1, -0.05) is 18.5 Å². The number of rotatable bonds is 4. The summed E-state index contributed by atoms with van der Waals surface area (Å²) < 4.78 is 0. The largest absolute Gasteiger partial charge is 0.320 e. The third-order valence-electron chi connectivity index (χ3n) is 1.44. The first-order valence-electron chi connectivity index (χ1n) is 3.82. The second-order valence-electron chi connectivity index (χ2n) is 2.35. The molecule has 0 aliphatic rings. The number of hydrogen-bond donors (Lipinski definition) is 1. The van der Waals surface area contributed by atoms with Crippen LogP contribution in [0.5, 0.6) is 0 Å². The zero-order valence-corrected chi connectivity index (χ0v) is 6.75. The van der Waals surface area contributed by atoms with Gasteiger partial charge in [0.15, 0.2) is 7.28 Å². The van der Waals surface area contributed by atoms with Crippen LogP contribution in [0.1, 0.15) is 0 Å². The maximum absolute atomic E-state index is 4.17. The Bertz CT molecular complexity index is 189. The molecule has 0 aromatic carbocycles. The van der Waals surface area contributed by atoms with E-state index in [0.717, 1.165) is 18.5 Å². The summed E-state index contributed by atoms with van der Waals surface area (Å²) >= 11 is 0. The molecule has 0 saturated carbocycles. The molecule has 1 aromatic heterocycles. The molecule has 2 nitrogen and oxygen atoms in total. The fraction of sp³-hybridized carbons (Fsp3) is 0.375. The molecule has 3 heteroatoms. The monoisotopic (exact) mass is 147 g/mol. The number of pyridine rings is 1. The lowest BCUT2D eigenvalue weighted by atomic mass is 9.70. The zero-order valence-electron chi connectivity index (χ0n) is 6.75. The summed E-state index contributed by atoms with van der Waals surface area (Å²) in [6, 6.07) is 5.93. The summed E-state index contributed by atoms with van der Waals surface area (Å²) in [5, 5.41) is 3.08. The van der Waals surface area contributed by atoms with E-state index in [-0.39, 0.29) is 0 Å². The molecule has 1 rings (SSSR count). The first kappa shape index (κ1) is 8.27. The molecular formula is C8H12BN2. The Hall–Kier alpha value is -0.825. The van der Waals surface area contributed by atoms with Gasteiger partial charge in [0.1, 0.15) is 0 Å². The van der Waals surface area contributed by atoms with Crippen LogP contribution in [0.15, 0.2) is 24.4 Å². The van der Waals surface area contributed by atoms with Gasteiger partial charge in [-0.05, 0) is 25.3 Å². The van der Waals surface area contributed by atoms with Crippen molar-refractivity contribution in [2.45, 2.75) is 6.32 Å². The highest BCUT2D eigenvalue weighted by molar-refractivity contribution is 6.52. The molecule has 1 aromatic rings. The lowest BCUT2D eigenvalue weighted by molar-refractivity contribution is 0.860. The predicted octanol–water partition coefficient (Wildman–Crippen LogP) is 0.0488. The van der Waals surface area contributed by atoms with Crippen LogP contribution in [-0.2, 0) is 0 Å². The van der Waals surface area contributed by atoms with Crippen LogP contribution in [0, 0.1) is 0 Å². The average molecular weight is 147 g/mol. The average Bonchev–Trinajstić information content (AvgIpc) is 2.07. The van der Waals surface area contributed by atoms with Crippen LogP contribution in [-0.4, -0.2) is 25.9 Å². The van der Waals surface area contributed by atoms with Gasteiger partial charge in [-0.15, -0.1) is 0 Å². The van der Waals surface area contributed by atoms with Gasteiger partial charge >= 0.3 is 0 Å². The fourth-order valence-corrected chi connectivity index (χ4v) is 0.861. The molecule has 0 amide bonds. The van der Waals surface area contributed by atoms with E-state index in [9.17, 15) is 0 Å². The summed E-state index contributed by atoms with van der Waals surface area (Å²) in [4.78, 5) is 4.17. The van der Waals surface area contributed by atoms with E-state index < -0.39 is 0 Å². The minimum atomic E-state index is 1.01. The normalized spacial score (nSPS) is 9.55. The summed E-state index contributed by atoms with van der Waals surface area (Å²) in [7, 11) is 4.07. The van der Waals surface area contributed by atoms with Crippen LogP contribution < -0.4 is 10.9 Å². The highest BCUT2D eigenvalue weighted by Gasteiger charge is 1.93. The second-order valence-corrected chi connectivity index (χ2v) is 2.35. The van der Waals surface area contributed by atoms with Gasteiger partial charge in [0.05, 0.1) is 0 Å². The van der Waals surface area contributed by atoms with Gasteiger partial charge in [-0.3, -0.25) is 4.98 Å². The molecular weight excluding hydrogens is 135 g/mol. The van der Waals surface area contributed by atoms with Gasteiger partial charge in [0.25, 0.3) is 0 Å². The molecule has 11 heavy (non-hydrogen) atoms. The maximum atomic E-state index is 4.17. The first-order chi connectivity index (χ1) is 5.43. The Morgan fingerprint density at radius 2 is 2.45 bits per heavy atom. The molecule has 0 aliphatic carbocycles. The molecule has 0 bridgehead atoms. The minimum Gasteiger partial charge on any atom is -0.320 e. The Morgan fingerprint density at radius 1 is 1.55 bits per heavy atom. The maximum Gasteiger partial charge on any atom is 0.179 e. The summed E-state index contributed by atoms with van der Waals surface area (Å²) in [6.07, 6.45) is 2.85. The van der Waals surface area contributed by atoms with E-state index in [1.165, 1.54) is 0 Å². The van der Waals surface area contributed by atoms with E-state index >= 15 is 0 Å². The van der Waals surface area contributed by atoms with Gasteiger partial charge in [-0.2, -0.15) is 0 Å². The molecule has 0 atom stereocenters. The Morgan fingerprint density at radius 3 is 3.09 bits per heavy atom. The molecule has 1 N–H and O–H groups in total. The Labute approximate surface area is 68.3 Å². The van der Waals surface area contributed by atoms with Crippen LogP contribution >= 0.6 is 0 Å². The van der Waals surface area contributed by atoms with E-state index in [4.69, 9.17) is 0 Å². The topological polar surface area (TPSA) is 24.9 Å². The minimum absolute atomic E-state index is 1.01. The lowest BCUT2D eigenvalue weighted by Gasteiger charge is -1.96. The van der Waals surface area contributed by atoms with E-state index in [2.05, 4.69) is 17.6 Å². The quantitative estimate of drug-likeness (QED) is 0.480. The molecule has 1 heterocycles. The van der Waals surface area contributed by atoms with Gasteiger partial charge in [0.2, 0.25) is 0 Å². The SMILES string of the molecule is CNCC[B]c1ccccn1. The van der Waals surface area contributed by atoms with Crippen LogP contribution in [0.25, 0.3) is 0 Å². The van der Waals surface area contributed by atoms with Crippen molar-refractivity contribution in [1.29, 1.82) is 0 Å². The third kappa shape index (κ3) is 3.19. The van der Waals surface area contributed by atoms with Crippen molar-refractivity contribution >= 4 is 12.9 Å². The Balaban J connectivity index is 2.28. The van der Waals surface area contributed by atoms with Crippen molar-refractivity contribution in [3.8, 4) is 0 Å². The molecule has 57 valence electrons. The third-order valence-corrected chi connectivity index (χ3v) is 1.44. The first-order valence-corrected chi connectivity index (χ1v) is 3.82. The van der Waals surface area contributed by atoms with Crippen molar-refractivity contribution in [1.82, 2.24) is 10.3 Å². The van der Waals surface area contributed by atoms with Crippen molar-refractivity contribution < 1.29 is 0 Å². The summed E-state index contributed by atoms with van der Waals surface area (Å²) in [5.41, 5.74) is 1.06. The van der Waals surface area contributed by atoms with Crippen LogP contribution in [0.2, 0.25) is 6.32 Å². The Kier molecular flexibility index (Phi) is 3.69. The fourth-order valence-electron chi connectivity index (χ4n) is 0.861. The molecule has 0 aliphatic heterocycles. The number of nitrogens with one attached hydrogen (secondary N) is 1. The second kappa shape index (κ2) is 4.91. The number of nitrogens with zero attached hydrogens (tertiary/aromatic N) is 1. The summed E-state index contributed by atoms with van der Waals surface area (Å²) in [6.45, 7) is 1.01. The van der Waals surface area contributed by atoms with E-state index in [1.807, 2.05) is 31.4 Å². The highest BCUT2D eigenvalue weighted by atomic mass is 14.8. The van der Waals surface area contributed by atoms with Crippen molar-refractivity contribution in [3.05, 3.63) is 24.4 Å². The molecule has 0 unspecified atom stereocenters. The van der Waals surface area contributed by atoms with E-state index in [1.54, 1.807) is 0 Å². The molecule has 0 spiro atoms. The smallest absolute Gasteiger partial charge is 0.179 e. The summed E-state index contributed by atoms with van der Waals surface area (Å²) in [5.74, 6) is 0. The standard InChI is InChI=1S/C8H12BN2/c1-10-7-5-9-8-4-2-3-6-11-8/h2-4,6,10H,5,7H2,1H3. The number of hydrogen-bond acceptors (Lipinski definition) is 2. The van der Waals surface area contributed by atoms with Crippen molar-refractivity contribution in [2.75, 3.05) is 13.6 Å². The van der Waals surface area contributed by atoms with Gasteiger partial charge in [-0.25, -0.2) is 0 Å².